The summed E-state index contributed by atoms with van der Waals surface area (Å²) in [4.78, 5) is 0. The molecular formula is C19H32O2SSn. The second-order valence-corrected chi connectivity index (χ2v) is 13.9. The molecule has 1 aromatic heterocycles. The van der Waals surface area contributed by atoms with E-state index in [2.05, 4.69) is 26.2 Å². The molecule has 0 fully saturated rings. The second kappa shape index (κ2) is 9.55. The summed E-state index contributed by atoms with van der Waals surface area (Å²) in [5.41, 5.74) is 0. The molecule has 0 N–H and O–H groups in total. The number of fused-ring (bicyclic) bond motifs is 1. The topological polar surface area (TPSA) is 18.5 Å². The van der Waals surface area contributed by atoms with Crippen LogP contribution in [-0.2, 0) is 0 Å². The van der Waals surface area contributed by atoms with E-state index in [1.807, 2.05) is 18.3 Å². The third kappa shape index (κ3) is 5.29. The van der Waals surface area contributed by atoms with Crippen LogP contribution in [0.25, 0.3) is 0 Å². The zero-order valence-corrected chi connectivity index (χ0v) is 18.9. The second-order valence-electron chi connectivity index (χ2n) is 6.78. The molecule has 1 unspecified atom stereocenters. The van der Waals surface area contributed by atoms with Crippen molar-refractivity contribution in [1.82, 2.24) is 0 Å². The molecule has 1 aliphatic heterocycles. The average Bonchev–Trinajstić information content (AvgIpc) is 3.09. The van der Waals surface area contributed by atoms with Gasteiger partial charge in [-0.3, -0.25) is 0 Å². The molecule has 0 aromatic carbocycles. The molecule has 0 saturated heterocycles. The van der Waals surface area contributed by atoms with Crippen molar-refractivity contribution in [3.63, 3.8) is 0 Å². The first kappa shape index (κ1) is 19.4. The van der Waals surface area contributed by atoms with E-state index in [0.717, 1.165) is 11.5 Å². The number of hydrogen-bond donors (Lipinski definition) is 0. The van der Waals surface area contributed by atoms with Gasteiger partial charge in [-0.25, -0.2) is 0 Å². The molecule has 2 rings (SSSR count). The molecule has 1 aromatic rings. The molecule has 0 aliphatic carbocycles. The van der Waals surface area contributed by atoms with Gasteiger partial charge >= 0.3 is 157 Å². The first-order valence-corrected chi connectivity index (χ1v) is 13.1. The van der Waals surface area contributed by atoms with Crippen molar-refractivity contribution in [2.24, 2.45) is 0 Å². The molecule has 1 aliphatic rings. The summed E-state index contributed by atoms with van der Waals surface area (Å²) in [5, 5.41) is 2.18. The van der Waals surface area contributed by atoms with Crippen LogP contribution in [0.4, 0.5) is 0 Å². The van der Waals surface area contributed by atoms with E-state index >= 15 is 0 Å². The summed E-state index contributed by atoms with van der Waals surface area (Å²) >= 11 is 1.21. The first-order chi connectivity index (χ1) is 11.1. The van der Waals surface area contributed by atoms with Crippen LogP contribution >= 0.6 is 11.3 Å². The maximum absolute atomic E-state index is 5.97. The van der Waals surface area contributed by atoms with Crippen molar-refractivity contribution in [3.8, 4) is 11.5 Å². The fourth-order valence-corrected chi connectivity index (χ4v) is 11.3. The van der Waals surface area contributed by atoms with E-state index < -0.39 is 21.1 Å². The van der Waals surface area contributed by atoms with Crippen LogP contribution in [0.1, 0.15) is 85.5 Å². The summed E-state index contributed by atoms with van der Waals surface area (Å²) in [6, 6.07) is 0. The van der Waals surface area contributed by atoms with Crippen molar-refractivity contribution in [2.45, 2.75) is 95.2 Å². The van der Waals surface area contributed by atoms with E-state index in [4.69, 9.17) is 9.47 Å². The van der Waals surface area contributed by atoms with Crippen molar-refractivity contribution < 1.29 is 9.47 Å². The fraction of sp³-hybridized carbons (Fsp3) is 0.789. The summed E-state index contributed by atoms with van der Waals surface area (Å²) in [6.45, 7) is 8.99. The van der Waals surface area contributed by atoms with Gasteiger partial charge in [-0.2, -0.15) is 0 Å². The number of ether oxygens (including phenoxy) is 2. The van der Waals surface area contributed by atoms with Gasteiger partial charge in [0, 0.05) is 0 Å². The SMILES string of the molecule is CCCC[C](CCCC)(CCCC)[Sn][c]1scc2c1OC(C)O2. The van der Waals surface area contributed by atoms with Crippen molar-refractivity contribution in [1.29, 1.82) is 0 Å². The van der Waals surface area contributed by atoms with Gasteiger partial charge < -0.3 is 0 Å². The van der Waals surface area contributed by atoms with E-state index in [-0.39, 0.29) is 6.29 Å². The predicted octanol–water partition coefficient (Wildman–Crippen LogP) is 5.92. The monoisotopic (exact) mass is 444 g/mol. The molecule has 0 saturated carbocycles. The van der Waals surface area contributed by atoms with E-state index in [9.17, 15) is 0 Å². The Morgan fingerprint density at radius 1 is 1.00 bits per heavy atom. The Hall–Kier alpha value is 0.0987. The molecule has 0 spiro atoms. The molecule has 4 heteroatoms. The zero-order valence-electron chi connectivity index (χ0n) is 15.2. The minimum absolute atomic E-state index is 0.0946. The third-order valence-electron chi connectivity index (χ3n) is 4.70. The van der Waals surface area contributed by atoms with Crippen LogP contribution in [-0.4, -0.2) is 27.4 Å². The molecule has 2 radical (unpaired) electrons. The van der Waals surface area contributed by atoms with Crippen LogP contribution in [0.2, 0.25) is 3.43 Å². The van der Waals surface area contributed by atoms with Crippen molar-refractivity contribution in [2.75, 3.05) is 0 Å². The van der Waals surface area contributed by atoms with E-state index in [1.54, 1.807) is 2.89 Å². The fourth-order valence-electron chi connectivity index (χ4n) is 3.33. The third-order valence-corrected chi connectivity index (χ3v) is 12.1. The average molecular weight is 443 g/mol. The van der Waals surface area contributed by atoms with Gasteiger partial charge in [-0.1, -0.05) is 0 Å². The Balaban J connectivity index is 2.17. The predicted molar refractivity (Wildman–Crippen MR) is 102 cm³/mol. The van der Waals surface area contributed by atoms with Crippen LogP contribution in [0.5, 0.6) is 11.5 Å². The molecule has 1 atom stereocenters. The Kier molecular flexibility index (Phi) is 8.06. The van der Waals surface area contributed by atoms with Gasteiger partial charge in [0.15, 0.2) is 0 Å². The van der Waals surface area contributed by atoms with Gasteiger partial charge in [0.05, 0.1) is 0 Å². The molecule has 2 heterocycles. The Morgan fingerprint density at radius 2 is 1.57 bits per heavy atom. The molecule has 23 heavy (non-hydrogen) atoms. The molecule has 0 amide bonds. The molecule has 130 valence electrons. The summed E-state index contributed by atoms with van der Waals surface area (Å²) in [5.74, 6) is 2.12. The molecule has 2 nitrogen and oxygen atoms in total. The maximum atomic E-state index is 5.97. The Morgan fingerprint density at radius 3 is 2.09 bits per heavy atom. The van der Waals surface area contributed by atoms with Gasteiger partial charge in [-0.15, -0.1) is 0 Å². The van der Waals surface area contributed by atoms with Crippen LogP contribution in [0.15, 0.2) is 5.38 Å². The Bertz CT molecular complexity index is 450. The van der Waals surface area contributed by atoms with Crippen LogP contribution in [0, 0.1) is 0 Å². The van der Waals surface area contributed by atoms with Gasteiger partial charge in [0.2, 0.25) is 0 Å². The van der Waals surface area contributed by atoms with E-state index in [0.29, 0.717) is 3.43 Å². The first-order valence-electron chi connectivity index (χ1n) is 9.37. The zero-order chi connectivity index (χ0) is 16.7. The van der Waals surface area contributed by atoms with Crippen molar-refractivity contribution in [3.05, 3.63) is 5.38 Å². The minimum atomic E-state index is -0.695. The van der Waals surface area contributed by atoms with Gasteiger partial charge in [-0.05, 0) is 0 Å². The van der Waals surface area contributed by atoms with Crippen LogP contribution < -0.4 is 12.4 Å². The number of hydrogen-bond acceptors (Lipinski definition) is 3. The molecule has 0 bridgehead atoms. The summed E-state index contributed by atoms with van der Waals surface area (Å²) in [7, 11) is 0. The van der Waals surface area contributed by atoms with Gasteiger partial charge in [0.25, 0.3) is 0 Å². The van der Waals surface area contributed by atoms with Crippen LogP contribution in [0.3, 0.4) is 0 Å². The Labute approximate surface area is 156 Å². The van der Waals surface area contributed by atoms with E-state index in [1.165, 1.54) is 57.8 Å². The summed E-state index contributed by atoms with van der Waals surface area (Å²) in [6.07, 6.45) is 12.3. The number of thiophene rings is 1. The quantitative estimate of drug-likeness (QED) is 0.395. The normalized spacial score (nSPS) is 17.0. The standard InChI is InChI=1S/C13H27.C6H5O2S.Sn/c1-4-7-10-13(11-8-5-2)12-9-6-3;1-4-7-5-2-9-3-6(5)8-4;/h4-12H2,1-3H3;2,4H,1H3;. The van der Waals surface area contributed by atoms with Gasteiger partial charge in [0.1, 0.15) is 0 Å². The molecular weight excluding hydrogens is 411 g/mol. The van der Waals surface area contributed by atoms with Crippen molar-refractivity contribution >= 4 is 35.4 Å². The summed E-state index contributed by atoms with van der Waals surface area (Å²) < 4.78 is 13.9. The number of unbranched alkanes of at least 4 members (excludes halogenated alkanes) is 3. The number of rotatable bonds is 11.